The lowest BCUT2D eigenvalue weighted by Gasteiger charge is -2.30. The number of aromatic nitrogens is 2. The van der Waals surface area contributed by atoms with Crippen LogP contribution in [-0.4, -0.2) is 44.9 Å². The Bertz CT molecular complexity index is 457. The number of carbonyl (C=O) groups is 1. The fourth-order valence-corrected chi connectivity index (χ4v) is 2.50. The molecule has 0 saturated carbocycles. The van der Waals surface area contributed by atoms with E-state index in [0.29, 0.717) is 18.8 Å². The monoisotopic (exact) mass is 253 g/mol. The van der Waals surface area contributed by atoms with E-state index in [1.807, 2.05) is 20.8 Å². The maximum absolute atomic E-state index is 12.2. The second-order valence-electron chi connectivity index (χ2n) is 5.43. The molecule has 0 aromatic carbocycles. The van der Waals surface area contributed by atoms with Gasteiger partial charge < -0.3 is 10.0 Å². The Hall–Kier alpha value is -1.43. The highest BCUT2D eigenvalue weighted by Crippen LogP contribution is 2.34. The highest BCUT2D eigenvalue weighted by molar-refractivity contribution is 5.93. The Morgan fingerprint density at radius 1 is 1.56 bits per heavy atom. The number of hydrogen-bond acceptors (Lipinski definition) is 5. The van der Waals surface area contributed by atoms with Gasteiger partial charge in [0.25, 0.3) is 5.91 Å². The first-order chi connectivity index (χ1) is 8.36. The molecule has 1 aromatic heterocycles. The molecule has 0 spiro atoms. The molecule has 6 heteroatoms. The molecule has 0 unspecified atom stereocenters. The second-order valence-corrected chi connectivity index (χ2v) is 5.43. The lowest BCUT2D eigenvalue weighted by molar-refractivity contribution is -0.0244. The Kier molecular flexibility index (Phi) is 3.14. The molecule has 1 saturated heterocycles. The summed E-state index contributed by atoms with van der Waals surface area (Å²) in [5, 5.41) is 17.8. The van der Waals surface area contributed by atoms with Gasteiger partial charge in [0, 0.05) is 12.5 Å². The van der Waals surface area contributed by atoms with E-state index in [9.17, 15) is 9.90 Å². The normalized spacial score (nSPS) is 28.1. The van der Waals surface area contributed by atoms with Crippen molar-refractivity contribution in [1.82, 2.24) is 15.2 Å². The standard InChI is InChI=1S/C12H19N3O3/c1-7(2)12(17)6-15(5-8(12)3)11(16)10-9(4)13-18-14-10/h7-8,17H,5-6H2,1-4H3/t8-,12-/m0/s1. The smallest absolute Gasteiger partial charge is 0.278 e. The molecule has 2 atom stereocenters. The Labute approximate surface area is 106 Å². The van der Waals surface area contributed by atoms with Crippen LogP contribution in [0.5, 0.6) is 0 Å². The Morgan fingerprint density at radius 3 is 2.67 bits per heavy atom. The van der Waals surface area contributed by atoms with Gasteiger partial charge in [0.1, 0.15) is 5.69 Å². The number of carbonyl (C=O) groups excluding carboxylic acids is 1. The van der Waals surface area contributed by atoms with E-state index in [4.69, 9.17) is 0 Å². The van der Waals surface area contributed by atoms with Crippen LogP contribution in [0.25, 0.3) is 0 Å². The Balaban J connectivity index is 2.19. The third-order valence-electron chi connectivity index (χ3n) is 3.93. The van der Waals surface area contributed by atoms with Crippen LogP contribution >= 0.6 is 0 Å². The highest BCUT2D eigenvalue weighted by Gasteiger charge is 2.47. The van der Waals surface area contributed by atoms with Crippen molar-refractivity contribution in [3.63, 3.8) is 0 Å². The molecule has 1 fully saturated rings. The summed E-state index contributed by atoms with van der Waals surface area (Å²) in [6.45, 7) is 8.43. The lowest BCUT2D eigenvalue weighted by atomic mass is 9.82. The van der Waals surface area contributed by atoms with Crippen molar-refractivity contribution in [1.29, 1.82) is 0 Å². The summed E-state index contributed by atoms with van der Waals surface area (Å²) < 4.78 is 4.54. The minimum atomic E-state index is -0.833. The predicted molar refractivity (Wildman–Crippen MR) is 63.9 cm³/mol. The van der Waals surface area contributed by atoms with Crippen molar-refractivity contribution in [2.75, 3.05) is 13.1 Å². The molecule has 2 heterocycles. The minimum Gasteiger partial charge on any atom is -0.387 e. The zero-order valence-corrected chi connectivity index (χ0v) is 11.2. The van der Waals surface area contributed by atoms with Crippen molar-refractivity contribution < 1.29 is 14.5 Å². The molecule has 1 aromatic rings. The van der Waals surface area contributed by atoms with Crippen LogP contribution < -0.4 is 0 Å². The van der Waals surface area contributed by atoms with E-state index in [1.165, 1.54) is 0 Å². The van der Waals surface area contributed by atoms with E-state index in [1.54, 1.807) is 11.8 Å². The van der Waals surface area contributed by atoms with Crippen molar-refractivity contribution in [2.45, 2.75) is 33.3 Å². The third kappa shape index (κ3) is 1.90. The zero-order chi connectivity index (χ0) is 13.5. The van der Waals surface area contributed by atoms with Crippen molar-refractivity contribution in [3.05, 3.63) is 11.4 Å². The SMILES string of the molecule is Cc1nonc1C(=O)N1C[C@H](C)[C@@](O)(C(C)C)C1. The third-order valence-corrected chi connectivity index (χ3v) is 3.93. The van der Waals surface area contributed by atoms with Gasteiger partial charge in [-0.25, -0.2) is 4.63 Å². The van der Waals surface area contributed by atoms with Gasteiger partial charge in [-0.3, -0.25) is 4.79 Å². The van der Waals surface area contributed by atoms with Gasteiger partial charge in [-0.1, -0.05) is 25.9 Å². The average molecular weight is 253 g/mol. The van der Waals surface area contributed by atoms with Crippen molar-refractivity contribution in [2.24, 2.45) is 11.8 Å². The molecular formula is C12H19N3O3. The number of likely N-dealkylation sites (tertiary alicyclic amines) is 1. The first-order valence-corrected chi connectivity index (χ1v) is 6.17. The van der Waals surface area contributed by atoms with Crippen LogP contribution in [0.15, 0.2) is 4.63 Å². The van der Waals surface area contributed by atoms with Gasteiger partial charge in [-0.05, 0) is 18.0 Å². The molecule has 1 N–H and O–H groups in total. The molecule has 1 aliphatic heterocycles. The second kappa shape index (κ2) is 4.35. The molecule has 6 nitrogen and oxygen atoms in total. The predicted octanol–water partition coefficient (Wildman–Crippen LogP) is 0.857. The minimum absolute atomic E-state index is 0.0432. The number of amides is 1. The molecule has 1 amide bonds. The molecule has 100 valence electrons. The molecule has 18 heavy (non-hydrogen) atoms. The number of nitrogens with zero attached hydrogens (tertiary/aromatic N) is 3. The van der Waals surface area contributed by atoms with Gasteiger partial charge in [0.15, 0.2) is 5.69 Å². The maximum Gasteiger partial charge on any atom is 0.278 e. The van der Waals surface area contributed by atoms with E-state index < -0.39 is 5.60 Å². The van der Waals surface area contributed by atoms with Gasteiger partial charge >= 0.3 is 0 Å². The first kappa shape index (κ1) is 13.0. The van der Waals surface area contributed by atoms with E-state index in [-0.39, 0.29) is 23.4 Å². The molecule has 0 radical (unpaired) electrons. The number of hydrogen-bond donors (Lipinski definition) is 1. The van der Waals surface area contributed by atoms with Crippen molar-refractivity contribution in [3.8, 4) is 0 Å². The summed E-state index contributed by atoms with van der Waals surface area (Å²) in [6, 6.07) is 0. The van der Waals surface area contributed by atoms with Gasteiger partial charge in [0.05, 0.1) is 12.1 Å². The van der Waals surface area contributed by atoms with Crippen molar-refractivity contribution >= 4 is 5.91 Å². The largest absolute Gasteiger partial charge is 0.387 e. The number of β-amino-alcohol motifs (C(OH)–C–C–N with tert-alkyl or cyclic N) is 1. The lowest BCUT2D eigenvalue weighted by Crippen LogP contribution is -2.43. The van der Waals surface area contributed by atoms with E-state index in [0.717, 1.165) is 0 Å². The zero-order valence-electron chi connectivity index (χ0n) is 11.2. The summed E-state index contributed by atoms with van der Waals surface area (Å²) in [6.07, 6.45) is 0. The van der Waals surface area contributed by atoms with Crippen LogP contribution in [0.3, 0.4) is 0 Å². The summed E-state index contributed by atoms with van der Waals surface area (Å²) in [4.78, 5) is 13.9. The summed E-state index contributed by atoms with van der Waals surface area (Å²) in [5.41, 5.74) is -0.122. The number of aryl methyl sites for hydroxylation is 1. The molecule has 0 bridgehead atoms. The highest BCUT2D eigenvalue weighted by atomic mass is 16.6. The van der Waals surface area contributed by atoms with Crippen LogP contribution in [0.2, 0.25) is 0 Å². The van der Waals surface area contributed by atoms with Gasteiger partial charge in [-0.2, -0.15) is 0 Å². The quantitative estimate of drug-likeness (QED) is 0.845. The topological polar surface area (TPSA) is 79.5 Å². The van der Waals surface area contributed by atoms with E-state index >= 15 is 0 Å². The average Bonchev–Trinajstić information content (AvgIpc) is 2.84. The van der Waals surface area contributed by atoms with Crippen LogP contribution in [-0.2, 0) is 0 Å². The Morgan fingerprint density at radius 2 is 2.22 bits per heavy atom. The van der Waals surface area contributed by atoms with Crippen LogP contribution in [0, 0.1) is 18.8 Å². The first-order valence-electron chi connectivity index (χ1n) is 6.17. The fourth-order valence-electron chi connectivity index (χ4n) is 2.50. The molecule has 2 rings (SSSR count). The summed E-state index contributed by atoms with van der Waals surface area (Å²) in [7, 11) is 0. The van der Waals surface area contributed by atoms with E-state index in [2.05, 4.69) is 14.9 Å². The van der Waals surface area contributed by atoms with Gasteiger partial charge in [0.2, 0.25) is 0 Å². The number of rotatable bonds is 2. The molecule has 1 aliphatic rings. The summed E-state index contributed by atoms with van der Waals surface area (Å²) >= 11 is 0. The maximum atomic E-state index is 12.2. The number of aliphatic hydroxyl groups is 1. The fraction of sp³-hybridized carbons (Fsp3) is 0.750. The van der Waals surface area contributed by atoms with Crippen LogP contribution in [0.4, 0.5) is 0 Å². The molecule has 0 aliphatic carbocycles. The summed E-state index contributed by atoms with van der Waals surface area (Å²) in [5.74, 6) is -0.0828. The molecular weight excluding hydrogens is 234 g/mol. The van der Waals surface area contributed by atoms with Crippen LogP contribution in [0.1, 0.15) is 37.0 Å². The van der Waals surface area contributed by atoms with Gasteiger partial charge in [-0.15, -0.1) is 0 Å².